The van der Waals surface area contributed by atoms with Gasteiger partial charge in [-0.05, 0) is 48.8 Å². The van der Waals surface area contributed by atoms with Gasteiger partial charge in [-0.15, -0.1) is 0 Å². The molecular weight excluding hydrogens is 517 g/mol. The lowest BCUT2D eigenvalue weighted by molar-refractivity contribution is 0.0520. The van der Waals surface area contributed by atoms with E-state index in [4.69, 9.17) is 24.0 Å². The molecule has 2 aromatic rings. The highest BCUT2D eigenvalue weighted by Gasteiger charge is 2.21. The first-order chi connectivity index (χ1) is 17.2. The maximum absolute atomic E-state index is 11.6. The second kappa shape index (κ2) is 16.1. The van der Waals surface area contributed by atoms with Gasteiger partial charge in [0.25, 0.3) is 0 Å². The van der Waals surface area contributed by atoms with E-state index >= 15 is 0 Å². The summed E-state index contributed by atoms with van der Waals surface area (Å²) in [5, 5.41) is 0. The molecule has 0 aliphatic rings. The molecule has 2 rings (SSSR count). The Labute approximate surface area is 221 Å². The Morgan fingerprint density at radius 1 is 0.946 bits per heavy atom. The quantitative estimate of drug-likeness (QED) is 0.256. The number of nitrogens with zero attached hydrogens (tertiary/aromatic N) is 2. The van der Waals surface area contributed by atoms with E-state index in [1.54, 1.807) is 0 Å². The maximum atomic E-state index is 11.6. The van der Waals surface area contributed by atoms with Gasteiger partial charge in [-0.25, -0.2) is 13.0 Å². The number of hydrogen-bond donors (Lipinski definition) is 4. The molecule has 0 saturated carbocycles. The van der Waals surface area contributed by atoms with Crippen molar-refractivity contribution in [3.63, 3.8) is 0 Å². The highest BCUT2D eigenvalue weighted by molar-refractivity contribution is 7.92. The van der Waals surface area contributed by atoms with E-state index in [1.165, 1.54) is 5.56 Å². The van der Waals surface area contributed by atoms with Crippen LogP contribution in [0.3, 0.4) is 0 Å². The number of anilines is 2. The minimum absolute atomic E-state index is 0.251. The molecule has 4 N–H and O–H groups in total. The molecule has 0 amide bonds. The van der Waals surface area contributed by atoms with Crippen LogP contribution in [-0.4, -0.2) is 73.1 Å². The number of phosphoric acid groups is 1. The minimum atomic E-state index is -4.64. The molecule has 2 aromatic carbocycles. The van der Waals surface area contributed by atoms with Gasteiger partial charge in [-0.3, -0.25) is 9.62 Å². The highest BCUT2D eigenvalue weighted by Crippen LogP contribution is 2.26. The predicted octanol–water partition coefficient (Wildman–Crippen LogP) is 3.52. The zero-order chi connectivity index (χ0) is 28.1. The molecular formula is C25H42N3O7PS. The fourth-order valence-corrected chi connectivity index (χ4v) is 4.29. The minimum Gasteiger partial charge on any atom is -0.379 e. The normalized spacial score (nSPS) is 12.7. The predicted molar refractivity (Wildman–Crippen MR) is 149 cm³/mol. The molecule has 0 bridgehead atoms. The first-order valence-electron chi connectivity index (χ1n) is 12.2. The van der Waals surface area contributed by atoms with Gasteiger partial charge in [0, 0.05) is 31.1 Å². The summed E-state index contributed by atoms with van der Waals surface area (Å²) in [6, 6.07) is 18.2. The summed E-state index contributed by atoms with van der Waals surface area (Å²) in [5.74, 6) is 0.502. The Bertz CT molecular complexity index is 1040. The van der Waals surface area contributed by atoms with Crippen LogP contribution < -0.4 is 9.62 Å². The van der Waals surface area contributed by atoms with Crippen molar-refractivity contribution in [2.24, 2.45) is 5.92 Å². The molecule has 10 nitrogen and oxygen atoms in total. The number of benzene rings is 2. The van der Waals surface area contributed by atoms with E-state index in [-0.39, 0.29) is 6.04 Å². The van der Waals surface area contributed by atoms with E-state index in [0.29, 0.717) is 18.2 Å². The molecule has 37 heavy (non-hydrogen) atoms. The van der Waals surface area contributed by atoms with Crippen LogP contribution in [0.4, 0.5) is 11.4 Å². The zero-order valence-corrected chi connectivity index (χ0v) is 24.0. The molecule has 0 aliphatic heterocycles. The molecule has 0 heterocycles. The van der Waals surface area contributed by atoms with Gasteiger partial charge in [0.15, 0.2) is 0 Å². The van der Waals surface area contributed by atoms with Crippen molar-refractivity contribution >= 4 is 29.2 Å². The van der Waals surface area contributed by atoms with Crippen molar-refractivity contribution in [2.45, 2.75) is 40.3 Å². The standard InChI is InChI=1S/C25H39N3O3S.H3O4P/c1-6-27(7-2)25(20-31-19-21(3)4)18-28(17-22-11-9-8-10-12-22)24-15-13-23(14-16-24)26-32(5,29)30;1-5(2,3)4/h8-16,21,25-26H,6-7,17-20H2,1-5H3;(H3,1,2,3,4). The number of ether oxygens (including phenoxy) is 1. The second-order valence-electron chi connectivity index (χ2n) is 9.11. The Morgan fingerprint density at radius 2 is 1.49 bits per heavy atom. The van der Waals surface area contributed by atoms with E-state index in [1.807, 2.05) is 30.3 Å². The first kappa shape index (κ1) is 33.0. The largest absolute Gasteiger partial charge is 0.466 e. The summed E-state index contributed by atoms with van der Waals surface area (Å²) in [4.78, 5) is 26.4. The fourth-order valence-electron chi connectivity index (χ4n) is 3.73. The number of hydrogen-bond acceptors (Lipinski definition) is 6. The molecule has 0 aromatic heterocycles. The molecule has 0 aliphatic carbocycles. The SMILES string of the molecule is CCN(CC)C(COCC(C)C)CN(Cc1ccccc1)c1ccc(NS(C)(=O)=O)cc1.O=P(O)(O)O. The van der Waals surface area contributed by atoms with E-state index < -0.39 is 17.8 Å². The van der Waals surface area contributed by atoms with Crippen LogP contribution in [-0.2, 0) is 25.9 Å². The molecule has 0 spiro atoms. The van der Waals surface area contributed by atoms with Gasteiger partial charge in [-0.1, -0.05) is 58.0 Å². The van der Waals surface area contributed by atoms with E-state index in [9.17, 15) is 8.42 Å². The smallest absolute Gasteiger partial charge is 0.379 e. The lowest BCUT2D eigenvalue weighted by Crippen LogP contribution is -2.46. The topological polar surface area (TPSA) is 140 Å². The van der Waals surface area contributed by atoms with Crippen LogP contribution in [0.5, 0.6) is 0 Å². The summed E-state index contributed by atoms with van der Waals surface area (Å²) >= 11 is 0. The van der Waals surface area contributed by atoms with Crippen LogP contribution in [0, 0.1) is 5.92 Å². The number of nitrogens with one attached hydrogen (secondary N) is 1. The Kier molecular flexibility index (Phi) is 14.4. The van der Waals surface area contributed by atoms with Gasteiger partial charge in [0.2, 0.25) is 10.0 Å². The highest BCUT2D eigenvalue weighted by atomic mass is 32.2. The van der Waals surface area contributed by atoms with Crippen molar-refractivity contribution in [2.75, 3.05) is 48.7 Å². The lowest BCUT2D eigenvalue weighted by Gasteiger charge is -2.35. The average molecular weight is 560 g/mol. The van der Waals surface area contributed by atoms with Crippen LogP contribution in [0.25, 0.3) is 0 Å². The monoisotopic (exact) mass is 559 g/mol. The summed E-state index contributed by atoms with van der Waals surface area (Å²) in [7, 11) is -7.94. The van der Waals surface area contributed by atoms with Gasteiger partial charge in [0.05, 0.1) is 18.9 Å². The average Bonchev–Trinajstić information content (AvgIpc) is 2.78. The Balaban J connectivity index is 0.00000124. The third kappa shape index (κ3) is 15.8. The molecule has 0 saturated heterocycles. The number of likely N-dealkylation sites (N-methyl/N-ethyl adjacent to an activating group) is 1. The number of rotatable bonds is 14. The van der Waals surface area contributed by atoms with Crippen LogP contribution in [0.1, 0.15) is 33.3 Å². The molecule has 0 fully saturated rings. The fraction of sp³-hybridized carbons (Fsp3) is 0.520. The van der Waals surface area contributed by atoms with Gasteiger partial charge in [-0.2, -0.15) is 0 Å². The third-order valence-electron chi connectivity index (χ3n) is 5.27. The Morgan fingerprint density at radius 3 is 1.95 bits per heavy atom. The molecule has 1 unspecified atom stereocenters. The molecule has 0 radical (unpaired) electrons. The molecule has 12 heteroatoms. The van der Waals surface area contributed by atoms with Crippen LogP contribution >= 0.6 is 7.82 Å². The van der Waals surface area contributed by atoms with Gasteiger partial charge in [0.1, 0.15) is 0 Å². The van der Waals surface area contributed by atoms with Crippen molar-refractivity contribution in [1.82, 2.24) is 4.90 Å². The lowest BCUT2D eigenvalue weighted by atomic mass is 10.1. The van der Waals surface area contributed by atoms with Gasteiger partial charge < -0.3 is 24.3 Å². The zero-order valence-electron chi connectivity index (χ0n) is 22.3. The summed E-state index contributed by atoms with van der Waals surface area (Å²) in [6.45, 7) is 13.6. The van der Waals surface area contributed by atoms with Crippen molar-refractivity contribution < 1.29 is 32.4 Å². The van der Waals surface area contributed by atoms with Crippen LogP contribution in [0.15, 0.2) is 54.6 Å². The molecule has 1 atom stereocenters. The van der Waals surface area contributed by atoms with Gasteiger partial charge >= 0.3 is 7.82 Å². The van der Waals surface area contributed by atoms with E-state index in [0.717, 1.165) is 44.7 Å². The molecule has 210 valence electrons. The van der Waals surface area contributed by atoms with Crippen molar-refractivity contribution in [1.29, 1.82) is 0 Å². The first-order valence-corrected chi connectivity index (χ1v) is 15.6. The summed E-state index contributed by atoms with van der Waals surface area (Å²) in [5.41, 5.74) is 2.85. The summed E-state index contributed by atoms with van der Waals surface area (Å²) < 4.78 is 40.6. The van der Waals surface area contributed by atoms with Crippen LogP contribution in [0.2, 0.25) is 0 Å². The summed E-state index contributed by atoms with van der Waals surface area (Å²) in [6.07, 6.45) is 1.16. The van der Waals surface area contributed by atoms with Crippen molar-refractivity contribution in [3.05, 3.63) is 60.2 Å². The second-order valence-corrected chi connectivity index (χ2v) is 11.9. The Hall–Kier alpha value is -1.98. The third-order valence-corrected chi connectivity index (χ3v) is 5.88. The maximum Gasteiger partial charge on any atom is 0.466 e. The van der Waals surface area contributed by atoms with E-state index in [2.05, 4.69) is 66.5 Å². The van der Waals surface area contributed by atoms with Crippen molar-refractivity contribution in [3.8, 4) is 0 Å². The number of sulfonamides is 1.